The van der Waals surface area contributed by atoms with Crippen molar-refractivity contribution in [3.8, 4) is 0 Å². The van der Waals surface area contributed by atoms with E-state index in [-0.39, 0.29) is 5.69 Å². The molecule has 0 atom stereocenters. The van der Waals surface area contributed by atoms with Crippen LogP contribution in [0, 0.1) is 10.1 Å². The van der Waals surface area contributed by atoms with E-state index >= 15 is 0 Å². The molecular weight excluding hydrogens is 396 g/mol. The summed E-state index contributed by atoms with van der Waals surface area (Å²) in [4.78, 5) is 14.8. The normalized spacial score (nSPS) is 13.9. The van der Waals surface area contributed by atoms with E-state index in [9.17, 15) is 10.1 Å². The van der Waals surface area contributed by atoms with Gasteiger partial charge in [0.1, 0.15) is 0 Å². The first-order valence-corrected chi connectivity index (χ1v) is 10.0. The van der Waals surface area contributed by atoms with Crippen LogP contribution in [0.4, 0.5) is 17.1 Å². The van der Waals surface area contributed by atoms with Gasteiger partial charge in [0, 0.05) is 44.5 Å². The third-order valence-electron chi connectivity index (χ3n) is 4.83. The van der Waals surface area contributed by atoms with Gasteiger partial charge in [0.2, 0.25) is 0 Å². The molecule has 0 spiro atoms. The molecule has 148 valence electrons. The summed E-state index contributed by atoms with van der Waals surface area (Å²) in [6.07, 6.45) is 3.83. The Labute approximate surface area is 175 Å². The Balaban J connectivity index is 1.61. The van der Waals surface area contributed by atoms with Gasteiger partial charge < -0.3 is 15.1 Å². The van der Waals surface area contributed by atoms with Crippen LogP contribution in [-0.2, 0) is 6.54 Å². The molecule has 1 saturated heterocycles. The molecule has 0 amide bonds. The van der Waals surface area contributed by atoms with Crippen molar-refractivity contribution in [3.05, 3.63) is 63.2 Å². The molecule has 6 nitrogen and oxygen atoms in total. The molecule has 0 unspecified atom stereocenters. The third-order valence-corrected chi connectivity index (χ3v) is 5.57. The fourth-order valence-corrected chi connectivity index (χ4v) is 3.58. The van der Waals surface area contributed by atoms with Gasteiger partial charge >= 0.3 is 0 Å². The van der Waals surface area contributed by atoms with Crippen molar-refractivity contribution in [3.63, 3.8) is 0 Å². The lowest BCUT2D eigenvalue weighted by atomic mass is 10.1. The number of anilines is 2. The Hall–Kier alpha value is -2.38. The number of hydrogen-bond acceptors (Lipinski definition) is 4. The van der Waals surface area contributed by atoms with Crippen LogP contribution in [0.2, 0.25) is 5.02 Å². The summed E-state index contributed by atoms with van der Waals surface area (Å²) in [7, 11) is 1.87. The standard InChI is InChI=1S/C20H23ClN4O2S/c1-23(20(28)22-19-13-17(25(26)27)9-10-18(19)21)14-15-5-7-16(8-6-15)24-11-3-2-4-12-24/h5-10,13H,2-4,11-12,14H2,1H3,(H,22,28). The van der Waals surface area contributed by atoms with Crippen LogP contribution in [-0.4, -0.2) is 35.1 Å². The topological polar surface area (TPSA) is 61.6 Å². The molecule has 0 radical (unpaired) electrons. The smallest absolute Gasteiger partial charge is 0.271 e. The minimum Gasteiger partial charge on any atom is -0.372 e. The van der Waals surface area contributed by atoms with E-state index in [2.05, 4.69) is 34.5 Å². The number of non-ortho nitro benzene ring substituents is 1. The van der Waals surface area contributed by atoms with Crippen molar-refractivity contribution in [1.82, 2.24) is 4.90 Å². The molecule has 1 aliphatic rings. The van der Waals surface area contributed by atoms with Gasteiger partial charge in [0.15, 0.2) is 5.11 Å². The second-order valence-electron chi connectivity index (χ2n) is 6.92. The lowest BCUT2D eigenvalue weighted by Gasteiger charge is -2.29. The fraction of sp³-hybridized carbons (Fsp3) is 0.350. The molecule has 0 saturated carbocycles. The first-order valence-electron chi connectivity index (χ1n) is 9.24. The van der Waals surface area contributed by atoms with Crippen LogP contribution >= 0.6 is 23.8 Å². The second kappa shape index (κ2) is 9.21. The van der Waals surface area contributed by atoms with Crippen LogP contribution in [0.15, 0.2) is 42.5 Å². The van der Waals surface area contributed by atoms with Gasteiger partial charge in [-0.3, -0.25) is 10.1 Å². The number of benzene rings is 2. The molecular formula is C20H23ClN4O2S. The lowest BCUT2D eigenvalue weighted by Crippen LogP contribution is -2.31. The van der Waals surface area contributed by atoms with Crippen LogP contribution < -0.4 is 10.2 Å². The highest BCUT2D eigenvalue weighted by Crippen LogP contribution is 2.27. The molecule has 1 N–H and O–H groups in total. The van der Waals surface area contributed by atoms with Crippen LogP contribution in [0.5, 0.6) is 0 Å². The number of hydrogen-bond donors (Lipinski definition) is 1. The third kappa shape index (κ3) is 5.11. The number of nitrogens with one attached hydrogen (secondary N) is 1. The molecule has 2 aromatic rings. The van der Waals surface area contributed by atoms with Crippen LogP contribution in [0.25, 0.3) is 0 Å². The van der Waals surface area contributed by atoms with Gasteiger partial charge in [-0.05, 0) is 55.2 Å². The molecule has 2 aromatic carbocycles. The Morgan fingerprint density at radius 3 is 2.54 bits per heavy atom. The maximum absolute atomic E-state index is 11.0. The van der Waals surface area contributed by atoms with E-state index in [1.54, 1.807) is 0 Å². The number of rotatable bonds is 5. The van der Waals surface area contributed by atoms with Gasteiger partial charge in [0.05, 0.1) is 15.6 Å². The van der Waals surface area contributed by atoms with Crippen LogP contribution in [0.3, 0.4) is 0 Å². The number of nitro groups is 1. The van der Waals surface area contributed by atoms with Gasteiger partial charge in [0.25, 0.3) is 5.69 Å². The maximum Gasteiger partial charge on any atom is 0.271 e. The molecule has 1 fully saturated rings. The molecule has 8 heteroatoms. The first kappa shape index (κ1) is 20.4. The van der Waals surface area contributed by atoms with Gasteiger partial charge in [-0.15, -0.1) is 0 Å². The molecule has 28 heavy (non-hydrogen) atoms. The van der Waals surface area contributed by atoms with Gasteiger partial charge in [-0.1, -0.05) is 23.7 Å². The molecule has 1 aliphatic heterocycles. The summed E-state index contributed by atoms with van der Waals surface area (Å²) in [5.41, 5.74) is 2.78. The maximum atomic E-state index is 11.0. The van der Waals surface area contributed by atoms with Crippen molar-refractivity contribution in [2.45, 2.75) is 25.8 Å². The minimum atomic E-state index is -0.460. The molecule has 0 aliphatic carbocycles. The SMILES string of the molecule is CN(Cc1ccc(N2CCCCC2)cc1)C(=S)Nc1cc([N+](=O)[O-])ccc1Cl. The highest BCUT2D eigenvalue weighted by molar-refractivity contribution is 7.80. The van der Waals surface area contributed by atoms with E-state index in [0.29, 0.717) is 22.4 Å². The summed E-state index contributed by atoms with van der Waals surface area (Å²) < 4.78 is 0. The number of nitrogens with zero attached hydrogens (tertiary/aromatic N) is 3. The van der Waals surface area contributed by atoms with Crippen molar-refractivity contribution in [2.75, 3.05) is 30.4 Å². The van der Waals surface area contributed by atoms with Crippen molar-refractivity contribution in [1.29, 1.82) is 0 Å². The van der Waals surface area contributed by atoms with Crippen molar-refractivity contribution in [2.24, 2.45) is 0 Å². The highest BCUT2D eigenvalue weighted by atomic mass is 35.5. The summed E-state index contributed by atoms with van der Waals surface area (Å²) in [6, 6.07) is 12.8. The monoisotopic (exact) mass is 418 g/mol. The fourth-order valence-electron chi connectivity index (χ4n) is 3.24. The summed E-state index contributed by atoms with van der Waals surface area (Å²) in [5, 5.41) is 14.8. The van der Waals surface area contributed by atoms with Crippen molar-refractivity contribution >= 4 is 46.0 Å². The highest BCUT2D eigenvalue weighted by Gasteiger charge is 2.14. The Morgan fingerprint density at radius 2 is 1.89 bits per heavy atom. The molecule has 1 heterocycles. The van der Waals surface area contributed by atoms with E-state index < -0.39 is 4.92 Å². The van der Waals surface area contributed by atoms with Crippen molar-refractivity contribution < 1.29 is 4.92 Å². The summed E-state index contributed by atoms with van der Waals surface area (Å²) in [6.45, 7) is 2.87. The zero-order chi connectivity index (χ0) is 20.1. The number of halogens is 1. The largest absolute Gasteiger partial charge is 0.372 e. The van der Waals surface area contributed by atoms with E-state index in [4.69, 9.17) is 23.8 Å². The summed E-state index contributed by atoms with van der Waals surface area (Å²) >= 11 is 11.6. The average molecular weight is 419 g/mol. The van der Waals surface area contributed by atoms with Gasteiger partial charge in [-0.25, -0.2) is 0 Å². The zero-order valence-electron chi connectivity index (χ0n) is 15.7. The second-order valence-corrected chi connectivity index (χ2v) is 7.72. The predicted molar refractivity (Wildman–Crippen MR) is 118 cm³/mol. The Morgan fingerprint density at radius 1 is 1.21 bits per heavy atom. The van der Waals surface area contributed by atoms with Crippen LogP contribution in [0.1, 0.15) is 24.8 Å². The quantitative estimate of drug-likeness (QED) is 0.415. The molecule has 3 rings (SSSR count). The Kier molecular flexibility index (Phi) is 6.70. The lowest BCUT2D eigenvalue weighted by molar-refractivity contribution is -0.384. The van der Waals surface area contributed by atoms with E-state index in [0.717, 1.165) is 18.7 Å². The molecule has 0 bridgehead atoms. The zero-order valence-corrected chi connectivity index (χ0v) is 17.3. The first-order chi connectivity index (χ1) is 13.4. The van der Waals surface area contributed by atoms with E-state index in [1.165, 1.54) is 43.1 Å². The number of thiocarbonyl (C=S) groups is 1. The Bertz CT molecular complexity index is 854. The number of nitro benzene ring substituents is 1. The summed E-state index contributed by atoms with van der Waals surface area (Å²) in [5.74, 6) is 0. The number of piperidine rings is 1. The molecule has 0 aromatic heterocycles. The average Bonchev–Trinajstić information content (AvgIpc) is 2.70. The van der Waals surface area contributed by atoms with E-state index in [1.807, 2.05) is 11.9 Å². The van der Waals surface area contributed by atoms with Gasteiger partial charge in [-0.2, -0.15) is 0 Å². The predicted octanol–water partition coefficient (Wildman–Crippen LogP) is 5.07. The minimum absolute atomic E-state index is 0.0364.